The minimum absolute atomic E-state index is 0.630. The van der Waals surface area contributed by atoms with Gasteiger partial charge in [-0.25, -0.2) is 0 Å². The van der Waals surface area contributed by atoms with E-state index in [0.717, 1.165) is 0 Å². The third kappa shape index (κ3) is 4.77. The van der Waals surface area contributed by atoms with Gasteiger partial charge in [-0.2, -0.15) is 11.1 Å². The molecule has 0 amide bonds. The van der Waals surface area contributed by atoms with Gasteiger partial charge in [-0.3, -0.25) is 0 Å². The molecule has 0 heterocycles. The van der Waals surface area contributed by atoms with Crippen molar-refractivity contribution in [3.05, 3.63) is 83.9 Å². The van der Waals surface area contributed by atoms with Crippen molar-refractivity contribution in [2.45, 2.75) is 39.5 Å². The zero-order valence-electron chi connectivity index (χ0n) is 16.3. The van der Waals surface area contributed by atoms with E-state index < -0.39 is 0 Å². The molecule has 1 heteroatoms. The molecule has 4 rings (SSSR count). The van der Waals surface area contributed by atoms with Crippen LogP contribution in [0, 0.1) is 0 Å². The molecule has 0 aromatic heterocycles. The summed E-state index contributed by atoms with van der Waals surface area (Å²) in [6.07, 6.45) is 0. The summed E-state index contributed by atoms with van der Waals surface area (Å²) in [7, 11) is 0. The Bertz CT molecular complexity index is 859. The Morgan fingerprint density at radius 3 is 1.35 bits per heavy atom. The molecule has 0 bridgehead atoms. The first-order valence-electron chi connectivity index (χ1n) is 9.22. The van der Waals surface area contributed by atoms with Crippen molar-refractivity contribution in [1.29, 1.82) is 0 Å². The van der Waals surface area contributed by atoms with Gasteiger partial charge in [0.2, 0.25) is 0 Å². The van der Waals surface area contributed by atoms with Gasteiger partial charge in [0.05, 0.1) is 0 Å². The second-order valence-corrected chi connectivity index (χ2v) is 7.06. The van der Waals surface area contributed by atoms with Gasteiger partial charge in [-0.15, -0.1) is 82.2 Å². The van der Waals surface area contributed by atoms with Crippen LogP contribution in [0.25, 0.3) is 21.5 Å². The van der Waals surface area contributed by atoms with E-state index in [1.165, 1.54) is 56.9 Å². The Hall–Kier alpha value is -1.59. The average Bonchev–Trinajstić information content (AvgIpc) is 3.28. The van der Waals surface area contributed by atoms with Gasteiger partial charge in [0, 0.05) is 0 Å². The Labute approximate surface area is 172 Å². The first-order chi connectivity index (χ1) is 12.6. The summed E-state index contributed by atoms with van der Waals surface area (Å²) in [5.74, 6) is 1.26. The Kier molecular flexibility index (Phi) is 7.92. The van der Waals surface area contributed by atoms with E-state index in [4.69, 9.17) is 0 Å². The number of hydrogen-bond acceptors (Lipinski definition) is 0. The minimum atomic E-state index is 0.630. The van der Waals surface area contributed by atoms with Crippen LogP contribution in [0.2, 0.25) is 0 Å². The van der Waals surface area contributed by atoms with Crippen LogP contribution in [-0.4, -0.2) is 4.21 Å². The normalized spacial score (nSPS) is 10.6. The SMILES string of the molecule is CC(C)c1c[cH-]c2ccccc12.CC(C)c1c[cH-]c2ccccc12.[CH2]=[Zr+2]. The number of benzene rings is 2. The van der Waals surface area contributed by atoms with E-state index in [2.05, 4.69) is 105 Å². The third-order valence-electron chi connectivity index (χ3n) is 4.67. The summed E-state index contributed by atoms with van der Waals surface area (Å²) in [5, 5.41) is 5.54. The van der Waals surface area contributed by atoms with Crippen LogP contribution in [0.15, 0.2) is 72.8 Å². The van der Waals surface area contributed by atoms with Crippen LogP contribution in [-0.2, 0) is 24.2 Å². The monoisotopic (exact) mass is 418 g/mol. The summed E-state index contributed by atoms with van der Waals surface area (Å²) in [6.45, 7) is 8.95. The topological polar surface area (TPSA) is 0 Å². The maximum absolute atomic E-state index is 3.34. The predicted molar refractivity (Wildman–Crippen MR) is 114 cm³/mol. The van der Waals surface area contributed by atoms with Crippen molar-refractivity contribution in [3.63, 3.8) is 0 Å². The number of fused-ring (bicyclic) bond motifs is 2. The molecule has 0 nitrogen and oxygen atoms in total. The fourth-order valence-corrected chi connectivity index (χ4v) is 3.36. The molecule has 26 heavy (non-hydrogen) atoms. The van der Waals surface area contributed by atoms with E-state index in [1.54, 1.807) is 0 Å². The second kappa shape index (κ2) is 9.93. The second-order valence-electron chi connectivity index (χ2n) is 7.06. The van der Waals surface area contributed by atoms with E-state index in [1.807, 2.05) is 0 Å². The van der Waals surface area contributed by atoms with E-state index >= 15 is 0 Å². The number of rotatable bonds is 2. The van der Waals surface area contributed by atoms with E-state index in [-0.39, 0.29) is 0 Å². The predicted octanol–water partition coefficient (Wildman–Crippen LogP) is 7.33. The van der Waals surface area contributed by atoms with Gasteiger partial charge < -0.3 is 0 Å². The van der Waals surface area contributed by atoms with Crippen LogP contribution in [0.5, 0.6) is 0 Å². The first kappa shape index (κ1) is 20.7. The van der Waals surface area contributed by atoms with Gasteiger partial charge in [-0.05, 0) is 0 Å². The van der Waals surface area contributed by atoms with E-state index in [9.17, 15) is 0 Å². The summed E-state index contributed by atoms with van der Waals surface area (Å²) in [4.78, 5) is 0. The van der Waals surface area contributed by atoms with Crippen LogP contribution < -0.4 is 0 Å². The molecule has 0 spiro atoms. The van der Waals surface area contributed by atoms with Gasteiger partial charge in [0.25, 0.3) is 0 Å². The molecule has 0 radical (unpaired) electrons. The fourth-order valence-electron chi connectivity index (χ4n) is 3.36. The Morgan fingerprint density at radius 2 is 1.00 bits per heavy atom. The van der Waals surface area contributed by atoms with Gasteiger partial charge in [0.1, 0.15) is 0 Å². The van der Waals surface area contributed by atoms with Crippen molar-refractivity contribution in [3.8, 4) is 0 Å². The standard InChI is InChI=1S/2C12H13.CH2.Zr/c2*1-9(2)11-8-7-10-5-3-4-6-12(10)11;;/h2*3-9H,1-2H3;1H2;/q2*-1;;+2. The summed E-state index contributed by atoms with van der Waals surface area (Å²) in [6, 6.07) is 26.0. The van der Waals surface area contributed by atoms with Crippen LogP contribution in [0.3, 0.4) is 0 Å². The average molecular weight is 420 g/mol. The zero-order chi connectivity index (χ0) is 19.1. The Balaban J connectivity index is 0.000000171. The molecule has 4 aromatic rings. The van der Waals surface area contributed by atoms with Crippen molar-refractivity contribution >= 4 is 25.8 Å². The summed E-state index contributed by atoms with van der Waals surface area (Å²) >= 11 is 1.30. The molecular weight excluding hydrogens is 391 g/mol. The third-order valence-corrected chi connectivity index (χ3v) is 4.67. The molecule has 4 aromatic carbocycles. The first-order valence-corrected chi connectivity index (χ1v) is 11.0. The van der Waals surface area contributed by atoms with Gasteiger partial charge in [0.15, 0.2) is 0 Å². The van der Waals surface area contributed by atoms with E-state index in [0.29, 0.717) is 11.8 Å². The molecule has 0 saturated carbocycles. The molecule has 0 aliphatic rings. The van der Waals surface area contributed by atoms with Crippen LogP contribution in [0.1, 0.15) is 50.7 Å². The molecule has 132 valence electrons. The molecular formula is C25H28Zr. The quantitative estimate of drug-likeness (QED) is 0.298. The summed E-state index contributed by atoms with van der Waals surface area (Å²) < 4.78 is 3.34. The molecule has 0 aliphatic heterocycles. The zero-order valence-corrected chi connectivity index (χ0v) is 18.7. The maximum atomic E-state index is 3.34. The molecule has 0 unspecified atom stereocenters. The van der Waals surface area contributed by atoms with Crippen LogP contribution >= 0.6 is 0 Å². The summed E-state index contributed by atoms with van der Waals surface area (Å²) in [5.41, 5.74) is 2.93. The van der Waals surface area contributed by atoms with Crippen molar-refractivity contribution in [2.24, 2.45) is 0 Å². The van der Waals surface area contributed by atoms with Crippen molar-refractivity contribution < 1.29 is 24.2 Å². The van der Waals surface area contributed by atoms with Crippen molar-refractivity contribution in [1.82, 2.24) is 0 Å². The molecule has 0 aliphatic carbocycles. The molecule has 0 N–H and O–H groups in total. The molecule has 0 atom stereocenters. The number of hydrogen-bond donors (Lipinski definition) is 0. The fraction of sp³-hybridized carbons (Fsp3) is 0.240. The van der Waals surface area contributed by atoms with Crippen molar-refractivity contribution in [2.75, 3.05) is 0 Å². The van der Waals surface area contributed by atoms with Crippen LogP contribution in [0.4, 0.5) is 0 Å². The van der Waals surface area contributed by atoms with Gasteiger partial charge >= 0.3 is 28.4 Å². The van der Waals surface area contributed by atoms with Gasteiger partial charge in [-0.1, -0.05) is 51.7 Å². The Morgan fingerprint density at radius 1 is 0.654 bits per heavy atom. The molecule has 0 saturated heterocycles. The molecule has 0 fully saturated rings.